The van der Waals surface area contributed by atoms with Crippen LogP contribution in [-0.2, 0) is 0 Å². The Kier molecular flexibility index (Phi) is 4.62. The number of carbonyl (C=O) groups is 1. The monoisotopic (exact) mass is 276 g/mol. The van der Waals surface area contributed by atoms with Crippen molar-refractivity contribution in [2.24, 2.45) is 0 Å². The van der Waals surface area contributed by atoms with E-state index in [1.165, 1.54) is 0 Å². The second-order valence-electron chi connectivity index (χ2n) is 5.74. The number of nitrogen functional groups attached to an aromatic ring is 1. The van der Waals surface area contributed by atoms with E-state index < -0.39 is 0 Å². The van der Waals surface area contributed by atoms with Crippen molar-refractivity contribution >= 4 is 11.6 Å². The third-order valence-electron chi connectivity index (χ3n) is 3.84. The van der Waals surface area contributed by atoms with Gasteiger partial charge in [0.15, 0.2) is 0 Å². The molecule has 0 saturated carbocycles. The smallest absolute Gasteiger partial charge is 0.251 e. The van der Waals surface area contributed by atoms with Gasteiger partial charge in [0.25, 0.3) is 5.91 Å². The van der Waals surface area contributed by atoms with E-state index in [1.807, 2.05) is 19.1 Å². The largest absolute Gasteiger partial charge is 0.399 e. The molecule has 1 heterocycles. The molecule has 0 bridgehead atoms. The van der Waals surface area contributed by atoms with Crippen LogP contribution in [0, 0.1) is 6.92 Å². The molecule has 2 rings (SSSR count). The van der Waals surface area contributed by atoms with Crippen molar-refractivity contribution in [3.05, 3.63) is 29.3 Å². The molecule has 1 unspecified atom stereocenters. The van der Waals surface area contributed by atoms with E-state index in [2.05, 4.69) is 29.2 Å². The SMILES string of the molecule is Cc1cc(N)cc(C(=O)NCC2CN(C)CCN2C)c1. The predicted molar refractivity (Wildman–Crippen MR) is 81.8 cm³/mol. The molecule has 1 aromatic rings. The number of anilines is 1. The van der Waals surface area contributed by atoms with E-state index in [4.69, 9.17) is 5.73 Å². The van der Waals surface area contributed by atoms with Crippen LogP contribution in [-0.4, -0.2) is 62.0 Å². The number of nitrogens with one attached hydrogen (secondary N) is 1. The van der Waals surface area contributed by atoms with Gasteiger partial charge in [-0.05, 0) is 44.8 Å². The van der Waals surface area contributed by atoms with E-state index in [1.54, 1.807) is 6.07 Å². The fourth-order valence-corrected chi connectivity index (χ4v) is 2.58. The van der Waals surface area contributed by atoms with Crippen LogP contribution in [0.1, 0.15) is 15.9 Å². The van der Waals surface area contributed by atoms with Gasteiger partial charge in [-0.15, -0.1) is 0 Å². The van der Waals surface area contributed by atoms with Gasteiger partial charge < -0.3 is 16.0 Å². The van der Waals surface area contributed by atoms with Crippen LogP contribution < -0.4 is 11.1 Å². The van der Waals surface area contributed by atoms with Gasteiger partial charge in [-0.25, -0.2) is 0 Å². The van der Waals surface area contributed by atoms with Crippen molar-refractivity contribution in [2.75, 3.05) is 46.0 Å². The first kappa shape index (κ1) is 14.8. The Labute approximate surface area is 120 Å². The number of hydrogen-bond acceptors (Lipinski definition) is 4. The average Bonchev–Trinajstić information content (AvgIpc) is 2.38. The number of rotatable bonds is 3. The van der Waals surface area contributed by atoms with Gasteiger partial charge in [0.1, 0.15) is 0 Å². The predicted octanol–water partition coefficient (Wildman–Crippen LogP) is 0.553. The van der Waals surface area contributed by atoms with E-state index in [0.717, 1.165) is 25.2 Å². The van der Waals surface area contributed by atoms with Gasteiger partial charge in [-0.3, -0.25) is 9.69 Å². The minimum absolute atomic E-state index is 0.0537. The molecule has 5 nitrogen and oxygen atoms in total. The second-order valence-corrected chi connectivity index (χ2v) is 5.74. The highest BCUT2D eigenvalue weighted by Gasteiger charge is 2.22. The topological polar surface area (TPSA) is 61.6 Å². The van der Waals surface area contributed by atoms with Crippen molar-refractivity contribution in [3.63, 3.8) is 0 Å². The number of carbonyl (C=O) groups excluding carboxylic acids is 1. The molecule has 0 radical (unpaired) electrons. The van der Waals surface area contributed by atoms with Crippen LogP contribution in [0.4, 0.5) is 5.69 Å². The van der Waals surface area contributed by atoms with Crippen LogP contribution >= 0.6 is 0 Å². The number of nitrogens with zero attached hydrogens (tertiary/aromatic N) is 2. The highest BCUT2D eigenvalue weighted by Crippen LogP contribution is 2.11. The minimum atomic E-state index is -0.0537. The summed E-state index contributed by atoms with van der Waals surface area (Å²) in [5.74, 6) is -0.0537. The maximum Gasteiger partial charge on any atom is 0.251 e. The number of likely N-dealkylation sites (N-methyl/N-ethyl adjacent to an activating group) is 2. The molecule has 110 valence electrons. The molecule has 1 aromatic carbocycles. The maximum atomic E-state index is 12.2. The van der Waals surface area contributed by atoms with Gasteiger partial charge >= 0.3 is 0 Å². The molecule has 0 aromatic heterocycles. The first-order valence-corrected chi connectivity index (χ1v) is 7.00. The van der Waals surface area contributed by atoms with E-state index >= 15 is 0 Å². The Balaban J connectivity index is 1.94. The van der Waals surface area contributed by atoms with Gasteiger partial charge in [0.2, 0.25) is 0 Å². The molecule has 5 heteroatoms. The van der Waals surface area contributed by atoms with Crippen LogP contribution in [0.5, 0.6) is 0 Å². The molecular weight excluding hydrogens is 252 g/mol. The zero-order valence-corrected chi connectivity index (χ0v) is 12.5. The average molecular weight is 276 g/mol. The first-order chi connectivity index (χ1) is 9.45. The van der Waals surface area contributed by atoms with Crippen molar-refractivity contribution in [1.29, 1.82) is 0 Å². The molecule has 0 spiro atoms. The molecule has 1 atom stereocenters. The third kappa shape index (κ3) is 3.71. The summed E-state index contributed by atoms with van der Waals surface area (Å²) in [6.07, 6.45) is 0. The van der Waals surface area contributed by atoms with Gasteiger partial charge in [0.05, 0.1) is 0 Å². The van der Waals surface area contributed by atoms with Crippen molar-refractivity contribution < 1.29 is 4.79 Å². The van der Waals surface area contributed by atoms with Gasteiger partial charge in [0, 0.05) is 43.5 Å². The number of amides is 1. The van der Waals surface area contributed by atoms with Crippen LogP contribution in [0.2, 0.25) is 0 Å². The Morgan fingerprint density at radius 1 is 1.35 bits per heavy atom. The summed E-state index contributed by atoms with van der Waals surface area (Å²) in [6.45, 7) is 5.70. The Morgan fingerprint density at radius 2 is 2.10 bits per heavy atom. The molecule has 20 heavy (non-hydrogen) atoms. The molecule has 1 aliphatic rings. The Morgan fingerprint density at radius 3 is 2.80 bits per heavy atom. The van der Waals surface area contributed by atoms with Crippen LogP contribution in [0.25, 0.3) is 0 Å². The lowest BCUT2D eigenvalue weighted by Crippen LogP contribution is -2.54. The normalized spacial score (nSPS) is 20.9. The van der Waals surface area contributed by atoms with Gasteiger partial charge in [-0.1, -0.05) is 0 Å². The third-order valence-corrected chi connectivity index (χ3v) is 3.84. The summed E-state index contributed by atoms with van der Waals surface area (Å²) in [5.41, 5.74) is 8.05. The second kappa shape index (κ2) is 6.24. The van der Waals surface area contributed by atoms with E-state index in [0.29, 0.717) is 23.8 Å². The number of benzene rings is 1. The number of aryl methyl sites for hydroxylation is 1. The van der Waals surface area contributed by atoms with Gasteiger partial charge in [-0.2, -0.15) is 0 Å². The number of nitrogens with two attached hydrogens (primary N) is 1. The molecule has 1 saturated heterocycles. The standard InChI is InChI=1S/C15H24N4O/c1-11-6-12(8-13(16)7-11)15(20)17-9-14-10-18(2)4-5-19(14)3/h6-8,14H,4-5,9-10,16H2,1-3H3,(H,17,20). The molecule has 3 N–H and O–H groups in total. The molecule has 1 aliphatic heterocycles. The summed E-state index contributed by atoms with van der Waals surface area (Å²) in [7, 11) is 4.22. The minimum Gasteiger partial charge on any atom is -0.399 e. The molecular formula is C15H24N4O. The highest BCUT2D eigenvalue weighted by atomic mass is 16.1. The number of hydrogen-bond donors (Lipinski definition) is 2. The summed E-state index contributed by atoms with van der Waals surface area (Å²) in [4.78, 5) is 16.8. The number of piperazine rings is 1. The maximum absolute atomic E-state index is 12.2. The Hall–Kier alpha value is -1.59. The zero-order chi connectivity index (χ0) is 14.7. The summed E-state index contributed by atoms with van der Waals surface area (Å²) >= 11 is 0. The lowest BCUT2D eigenvalue weighted by Gasteiger charge is -2.37. The summed E-state index contributed by atoms with van der Waals surface area (Å²) in [5, 5.41) is 3.01. The van der Waals surface area contributed by atoms with Crippen LogP contribution in [0.15, 0.2) is 18.2 Å². The lowest BCUT2D eigenvalue weighted by molar-refractivity contribution is 0.0881. The van der Waals surface area contributed by atoms with Crippen molar-refractivity contribution in [2.45, 2.75) is 13.0 Å². The van der Waals surface area contributed by atoms with Crippen LogP contribution in [0.3, 0.4) is 0 Å². The first-order valence-electron chi connectivity index (χ1n) is 7.00. The molecule has 0 aliphatic carbocycles. The van der Waals surface area contributed by atoms with E-state index in [9.17, 15) is 4.79 Å². The Bertz CT molecular complexity index is 469. The highest BCUT2D eigenvalue weighted by molar-refractivity contribution is 5.95. The molecule has 1 amide bonds. The fraction of sp³-hybridized carbons (Fsp3) is 0.533. The van der Waals surface area contributed by atoms with Crippen molar-refractivity contribution in [3.8, 4) is 0 Å². The molecule has 1 fully saturated rings. The fourth-order valence-electron chi connectivity index (χ4n) is 2.58. The van der Waals surface area contributed by atoms with E-state index in [-0.39, 0.29) is 5.91 Å². The zero-order valence-electron chi connectivity index (χ0n) is 12.5. The lowest BCUT2D eigenvalue weighted by atomic mass is 10.1. The quantitative estimate of drug-likeness (QED) is 0.792. The summed E-state index contributed by atoms with van der Waals surface area (Å²) < 4.78 is 0. The summed E-state index contributed by atoms with van der Waals surface area (Å²) in [6, 6.07) is 5.81. The van der Waals surface area contributed by atoms with Crippen molar-refractivity contribution in [1.82, 2.24) is 15.1 Å².